The van der Waals surface area contributed by atoms with Gasteiger partial charge in [0.05, 0.1) is 18.5 Å². The molecule has 1 saturated heterocycles. The van der Waals surface area contributed by atoms with Crippen LogP contribution >= 0.6 is 11.8 Å². The van der Waals surface area contributed by atoms with E-state index in [4.69, 9.17) is 9.84 Å². The molecule has 7 heteroatoms. The maximum Gasteiger partial charge on any atom is 0.327 e. The molecule has 1 aliphatic rings. The average molecular weight is 248 g/mol. The van der Waals surface area contributed by atoms with Gasteiger partial charge in [-0.25, -0.2) is 9.59 Å². The maximum atomic E-state index is 11.7. The fourth-order valence-corrected chi connectivity index (χ4v) is 2.58. The van der Waals surface area contributed by atoms with Crippen molar-refractivity contribution in [3.63, 3.8) is 0 Å². The first kappa shape index (κ1) is 13.1. The van der Waals surface area contributed by atoms with E-state index >= 15 is 0 Å². The number of carbonyl (C=O) groups excluding carboxylic acids is 1. The Morgan fingerprint density at radius 2 is 2.38 bits per heavy atom. The average Bonchev–Trinajstić information content (AvgIpc) is 2.65. The van der Waals surface area contributed by atoms with Crippen LogP contribution in [-0.2, 0) is 9.53 Å². The third-order valence-corrected chi connectivity index (χ3v) is 3.23. The molecule has 16 heavy (non-hydrogen) atoms. The Labute approximate surface area is 98.3 Å². The van der Waals surface area contributed by atoms with Gasteiger partial charge in [-0.2, -0.15) is 0 Å². The summed E-state index contributed by atoms with van der Waals surface area (Å²) in [4.78, 5) is 23.9. The number of rotatable bonds is 4. The van der Waals surface area contributed by atoms with Crippen molar-refractivity contribution in [2.24, 2.45) is 0 Å². The molecule has 0 aromatic heterocycles. The fraction of sp³-hybridized carbons (Fsp3) is 0.778. The van der Waals surface area contributed by atoms with Gasteiger partial charge in [-0.3, -0.25) is 0 Å². The Balaban J connectivity index is 2.49. The van der Waals surface area contributed by atoms with Crippen LogP contribution in [0.15, 0.2) is 0 Å². The Kier molecular flexibility index (Phi) is 4.88. The van der Waals surface area contributed by atoms with Crippen molar-refractivity contribution in [2.45, 2.75) is 19.0 Å². The van der Waals surface area contributed by atoms with Gasteiger partial charge in [0.15, 0.2) is 0 Å². The smallest absolute Gasteiger partial charge is 0.327 e. The maximum absolute atomic E-state index is 11.7. The predicted octanol–water partition coefficient (Wildman–Crippen LogP) is 0.190. The molecule has 1 heterocycles. The lowest BCUT2D eigenvalue weighted by atomic mass is 10.3. The van der Waals surface area contributed by atoms with Crippen LogP contribution in [0.25, 0.3) is 0 Å². The Hall–Kier alpha value is -0.950. The highest BCUT2D eigenvalue weighted by molar-refractivity contribution is 7.99. The number of carbonyl (C=O) groups is 2. The Morgan fingerprint density at radius 3 is 2.94 bits per heavy atom. The number of amides is 2. The van der Waals surface area contributed by atoms with Gasteiger partial charge in [-0.15, -0.1) is 11.8 Å². The zero-order valence-corrected chi connectivity index (χ0v) is 10.1. The summed E-state index contributed by atoms with van der Waals surface area (Å²) >= 11 is 1.44. The van der Waals surface area contributed by atoms with Crippen molar-refractivity contribution < 1.29 is 19.4 Å². The van der Waals surface area contributed by atoms with Crippen molar-refractivity contribution in [3.05, 3.63) is 0 Å². The van der Waals surface area contributed by atoms with Gasteiger partial charge < -0.3 is 20.1 Å². The first-order valence-corrected chi connectivity index (χ1v) is 6.08. The first-order valence-electron chi connectivity index (χ1n) is 4.93. The molecule has 0 aromatic carbocycles. The summed E-state index contributed by atoms with van der Waals surface area (Å²) in [6.07, 6.45) is 0. The molecule has 1 rings (SSSR count). The molecule has 0 aliphatic carbocycles. The topological polar surface area (TPSA) is 78.9 Å². The van der Waals surface area contributed by atoms with Gasteiger partial charge in [0.2, 0.25) is 0 Å². The highest BCUT2D eigenvalue weighted by Crippen LogP contribution is 2.20. The fourth-order valence-electron chi connectivity index (χ4n) is 1.43. The predicted molar refractivity (Wildman–Crippen MR) is 60.5 cm³/mol. The van der Waals surface area contributed by atoms with Crippen LogP contribution in [0, 0.1) is 0 Å². The summed E-state index contributed by atoms with van der Waals surface area (Å²) in [5.74, 6) is -0.0938. The van der Waals surface area contributed by atoms with E-state index in [9.17, 15) is 9.59 Å². The van der Waals surface area contributed by atoms with Crippen LogP contribution in [0.1, 0.15) is 6.92 Å². The van der Waals surface area contributed by atoms with E-state index in [1.807, 2.05) is 0 Å². The number of thioether (sulfide) groups is 1. The number of methoxy groups -OCH3 is 1. The van der Waals surface area contributed by atoms with Crippen LogP contribution in [-0.4, -0.2) is 59.4 Å². The van der Waals surface area contributed by atoms with Crippen molar-refractivity contribution in [2.75, 3.05) is 25.3 Å². The molecule has 6 nitrogen and oxygen atoms in total. The first-order chi connectivity index (χ1) is 7.56. The van der Waals surface area contributed by atoms with Crippen LogP contribution in [0.3, 0.4) is 0 Å². The molecule has 1 fully saturated rings. The summed E-state index contributed by atoms with van der Waals surface area (Å²) in [5, 5.41) is 11.6. The van der Waals surface area contributed by atoms with E-state index in [2.05, 4.69) is 5.32 Å². The molecule has 0 bridgehead atoms. The van der Waals surface area contributed by atoms with Gasteiger partial charge in [0, 0.05) is 12.9 Å². The number of urea groups is 1. The van der Waals surface area contributed by atoms with Crippen LogP contribution in [0.4, 0.5) is 4.79 Å². The zero-order valence-electron chi connectivity index (χ0n) is 9.30. The quantitative estimate of drug-likeness (QED) is 0.742. The van der Waals surface area contributed by atoms with Crippen LogP contribution in [0.2, 0.25) is 0 Å². The molecule has 1 aliphatic heterocycles. The standard InChI is InChI=1S/C9H16N2O4S/c1-6(3-15-2)10-9(14)11-5-16-4-7(11)8(12)13/h6-7H,3-5H2,1-2H3,(H,10,14)(H,12,13). The number of hydrogen-bond acceptors (Lipinski definition) is 4. The van der Waals surface area contributed by atoms with Gasteiger partial charge in [0.1, 0.15) is 6.04 Å². The third-order valence-electron chi connectivity index (χ3n) is 2.21. The minimum Gasteiger partial charge on any atom is -0.480 e. The number of aliphatic carboxylic acids is 1. The molecule has 0 radical (unpaired) electrons. The summed E-state index contributed by atoms with van der Waals surface area (Å²) in [6.45, 7) is 2.21. The van der Waals surface area contributed by atoms with Crippen molar-refractivity contribution >= 4 is 23.8 Å². The number of nitrogens with zero attached hydrogens (tertiary/aromatic N) is 1. The second kappa shape index (κ2) is 5.95. The number of hydrogen-bond donors (Lipinski definition) is 2. The van der Waals surface area contributed by atoms with Gasteiger partial charge in [-0.1, -0.05) is 0 Å². The lowest BCUT2D eigenvalue weighted by Crippen LogP contribution is -2.49. The molecule has 0 aromatic rings. The van der Waals surface area contributed by atoms with Crippen LogP contribution < -0.4 is 5.32 Å². The summed E-state index contributed by atoms with van der Waals surface area (Å²) in [7, 11) is 1.55. The number of carboxylic acid groups (broad SMARTS) is 1. The summed E-state index contributed by atoms with van der Waals surface area (Å²) in [5.41, 5.74) is 0. The van der Waals surface area contributed by atoms with E-state index in [-0.39, 0.29) is 12.1 Å². The molecular weight excluding hydrogens is 232 g/mol. The molecule has 0 spiro atoms. The van der Waals surface area contributed by atoms with Gasteiger partial charge in [-0.05, 0) is 6.92 Å². The lowest BCUT2D eigenvalue weighted by molar-refractivity contribution is -0.140. The minimum atomic E-state index is -0.959. The normalized spacial score (nSPS) is 21.9. The molecule has 2 atom stereocenters. The SMILES string of the molecule is COCC(C)NC(=O)N1CSCC1C(=O)O. The van der Waals surface area contributed by atoms with E-state index in [0.717, 1.165) is 0 Å². The summed E-state index contributed by atoms with van der Waals surface area (Å²) < 4.78 is 4.89. The summed E-state index contributed by atoms with van der Waals surface area (Å²) in [6, 6.07) is -1.20. The van der Waals surface area contributed by atoms with Gasteiger partial charge >= 0.3 is 12.0 Å². The second-order valence-electron chi connectivity index (χ2n) is 3.63. The van der Waals surface area contributed by atoms with E-state index in [1.54, 1.807) is 14.0 Å². The highest BCUT2D eigenvalue weighted by Gasteiger charge is 2.34. The minimum absolute atomic E-state index is 0.127. The third kappa shape index (κ3) is 3.28. The van der Waals surface area contributed by atoms with Crippen LogP contribution in [0.5, 0.6) is 0 Å². The largest absolute Gasteiger partial charge is 0.480 e. The second-order valence-corrected chi connectivity index (χ2v) is 4.63. The van der Waals surface area contributed by atoms with Crippen molar-refractivity contribution in [1.29, 1.82) is 0 Å². The van der Waals surface area contributed by atoms with Crippen molar-refractivity contribution in [3.8, 4) is 0 Å². The highest BCUT2D eigenvalue weighted by atomic mass is 32.2. The number of carboxylic acids is 1. The Morgan fingerprint density at radius 1 is 1.69 bits per heavy atom. The molecule has 2 amide bonds. The molecule has 2 unspecified atom stereocenters. The molecule has 2 N–H and O–H groups in total. The number of ether oxygens (including phenoxy) is 1. The Bertz CT molecular complexity index is 274. The van der Waals surface area contributed by atoms with Gasteiger partial charge in [0.25, 0.3) is 0 Å². The lowest BCUT2D eigenvalue weighted by Gasteiger charge is -2.23. The van der Waals surface area contributed by atoms with Crippen molar-refractivity contribution in [1.82, 2.24) is 10.2 Å². The molecule has 0 saturated carbocycles. The van der Waals surface area contributed by atoms with E-state index < -0.39 is 12.0 Å². The van der Waals surface area contributed by atoms with E-state index in [1.165, 1.54) is 16.7 Å². The van der Waals surface area contributed by atoms with E-state index in [0.29, 0.717) is 18.2 Å². The molecular formula is C9H16N2O4S. The number of nitrogens with one attached hydrogen (secondary N) is 1. The zero-order chi connectivity index (χ0) is 12.1. The monoisotopic (exact) mass is 248 g/mol. The molecule has 92 valence electrons.